The van der Waals surface area contributed by atoms with E-state index in [0.29, 0.717) is 0 Å². The molecule has 1 aromatic carbocycles. The molecule has 2 rings (SSSR count). The van der Waals surface area contributed by atoms with Gasteiger partial charge in [-0.3, -0.25) is 9.97 Å². The molecule has 0 atom stereocenters. The lowest BCUT2D eigenvalue weighted by Gasteiger charge is -2.00. The Morgan fingerprint density at radius 2 is 1.85 bits per heavy atom. The lowest BCUT2D eigenvalue weighted by atomic mass is 10.1. The third kappa shape index (κ3) is 1.43. The Hall–Kier alpha value is -1.70. The number of fused-ring (bicyclic) bond motifs is 1. The van der Waals surface area contributed by atoms with E-state index in [0.717, 1.165) is 22.2 Å². The van der Waals surface area contributed by atoms with Gasteiger partial charge in [0.25, 0.3) is 0 Å². The molecule has 0 spiro atoms. The zero-order chi connectivity index (χ0) is 9.26. The zero-order valence-corrected chi connectivity index (χ0v) is 7.49. The standard InChI is InChI=1S/C11H10N2/c1-8(2)9-3-4-10-11(7-9)13-6-5-12-10/h3-7H,1H2,2H3. The Labute approximate surface area is 77.0 Å². The summed E-state index contributed by atoms with van der Waals surface area (Å²) in [6.07, 6.45) is 3.40. The smallest absolute Gasteiger partial charge is 0.0892 e. The normalized spacial score (nSPS) is 10.2. The predicted octanol–water partition coefficient (Wildman–Crippen LogP) is 2.66. The summed E-state index contributed by atoms with van der Waals surface area (Å²) in [4.78, 5) is 8.41. The molecule has 13 heavy (non-hydrogen) atoms. The van der Waals surface area contributed by atoms with Crippen molar-refractivity contribution in [2.24, 2.45) is 0 Å². The Morgan fingerprint density at radius 1 is 1.15 bits per heavy atom. The van der Waals surface area contributed by atoms with Crippen LogP contribution >= 0.6 is 0 Å². The Morgan fingerprint density at radius 3 is 2.54 bits per heavy atom. The van der Waals surface area contributed by atoms with E-state index in [-0.39, 0.29) is 0 Å². The van der Waals surface area contributed by atoms with E-state index in [1.54, 1.807) is 12.4 Å². The van der Waals surface area contributed by atoms with Crippen LogP contribution in [0.5, 0.6) is 0 Å². The minimum atomic E-state index is 0.919. The molecule has 0 saturated carbocycles. The van der Waals surface area contributed by atoms with Crippen LogP contribution in [0.2, 0.25) is 0 Å². The highest BCUT2D eigenvalue weighted by Crippen LogP contribution is 2.16. The van der Waals surface area contributed by atoms with Gasteiger partial charge in [0.2, 0.25) is 0 Å². The van der Waals surface area contributed by atoms with Crippen molar-refractivity contribution in [2.75, 3.05) is 0 Å². The number of rotatable bonds is 1. The van der Waals surface area contributed by atoms with Crippen molar-refractivity contribution in [1.82, 2.24) is 9.97 Å². The van der Waals surface area contributed by atoms with Crippen LogP contribution in [-0.2, 0) is 0 Å². The quantitative estimate of drug-likeness (QED) is 0.657. The highest BCUT2D eigenvalue weighted by atomic mass is 14.8. The topological polar surface area (TPSA) is 25.8 Å². The second-order valence-electron chi connectivity index (χ2n) is 3.04. The summed E-state index contributed by atoms with van der Waals surface area (Å²) in [6.45, 7) is 5.87. The first-order valence-electron chi connectivity index (χ1n) is 4.14. The Bertz CT molecular complexity index is 460. The average Bonchev–Trinajstić information content (AvgIpc) is 2.17. The van der Waals surface area contributed by atoms with E-state index < -0.39 is 0 Å². The summed E-state index contributed by atoms with van der Waals surface area (Å²) in [5.74, 6) is 0. The van der Waals surface area contributed by atoms with Crippen LogP contribution in [0.3, 0.4) is 0 Å². The molecule has 1 aromatic heterocycles. The fourth-order valence-corrected chi connectivity index (χ4v) is 1.23. The van der Waals surface area contributed by atoms with Gasteiger partial charge in [0.05, 0.1) is 11.0 Å². The highest BCUT2D eigenvalue weighted by molar-refractivity contribution is 5.79. The monoisotopic (exact) mass is 170 g/mol. The van der Waals surface area contributed by atoms with Gasteiger partial charge in [-0.2, -0.15) is 0 Å². The fraction of sp³-hybridized carbons (Fsp3) is 0.0909. The molecule has 2 aromatic rings. The van der Waals surface area contributed by atoms with Crippen molar-refractivity contribution in [2.45, 2.75) is 6.92 Å². The molecule has 0 aliphatic heterocycles. The summed E-state index contributed by atoms with van der Waals surface area (Å²) in [5, 5.41) is 0. The first-order chi connectivity index (χ1) is 6.27. The summed E-state index contributed by atoms with van der Waals surface area (Å²) in [5.41, 5.74) is 4.01. The molecule has 0 unspecified atom stereocenters. The van der Waals surface area contributed by atoms with E-state index in [1.807, 2.05) is 25.1 Å². The van der Waals surface area contributed by atoms with Crippen LogP contribution in [0.25, 0.3) is 16.6 Å². The van der Waals surface area contributed by atoms with Gasteiger partial charge >= 0.3 is 0 Å². The van der Waals surface area contributed by atoms with E-state index in [1.165, 1.54) is 0 Å². The molecule has 0 bridgehead atoms. The molecule has 0 aliphatic rings. The van der Waals surface area contributed by atoms with Crippen molar-refractivity contribution >= 4 is 16.6 Å². The van der Waals surface area contributed by atoms with Crippen LogP contribution in [-0.4, -0.2) is 9.97 Å². The van der Waals surface area contributed by atoms with Crippen LogP contribution in [0.1, 0.15) is 12.5 Å². The van der Waals surface area contributed by atoms with Gasteiger partial charge in [-0.25, -0.2) is 0 Å². The second kappa shape index (κ2) is 2.98. The van der Waals surface area contributed by atoms with Gasteiger partial charge < -0.3 is 0 Å². The first kappa shape index (κ1) is 7.92. The minimum absolute atomic E-state index is 0.919. The lowest BCUT2D eigenvalue weighted by Crippen LogP contribution is -1.84. The predicted molar refractivity (Wildman–Crippen MR) is 54.2 cm³/mol. The van der Waals surface area contributed by atoms with Gasteiger partial charge in [-0.05, 0) is 24.6 Å². The maximum absolute atomic E-state index is 4.22. The molecule has 2 heteroatoms. The van der Waals surface area contributed by atoms with Crippen LogP contribution in [0.15, 0.2) is 37.2 Å². The van der Waals surface area contributed by atoms with E-state index in [9.17, 15) is 0 Å². The van der Waals surface area contributed by atoms with E-state index in [4.69, 9.17) is 0 Å². The summed E-state index contributed by atoms with van der Waals surface area (Å²) < 4.78 is 0. The largest absolute Gasteiger partial charge is 0.253 e. The molecule has 0 saturated heterocycles. The van der Waals surface area contributed by atoms with Crippen molar-refractivity contribution < 1.29 is 0 Å². The maximum Gasteiger partial charge on any atom is 0.0892 e. The number of benzene rings is 1. The third-order valence-corrected chi connectivity index (χ3v) is 1.96. The van der Waals surface area contributed by atoms with Crippen LogP contribution in [0.4, 0.5) is 0 Å². The molecule has 1 heterocycles. The molecule has 64 valence electrons. The number of hydrogen-bond donors (Lipinski definition) is 0. The molecular formula is C11H10N2. The third-order valence-electron chi connectivity index (χ3n) is 1.96. The zero-order valence-electron chi connectivity index (χ0n) is 7.49. The number of allylic oxidation sites excluding steroid dienone is 1. The highest BCUT2D eigenvalue weighted by Gasteiger charge is 1.97. The van der Waals surface area contributed by atoms with Gasteiger partial charge in [-0.1, -0.05) is 18.2 Å². The average molecular weight is 170 g/mol. The molecule has 0 amide bonds. The summed E-state index contributed by atoms with van der Waals surface area (Å²) in [7, 11) is 0. The summed E-state index contributed by atoms with van der Waals surface area (Å²) in [6, 6.07) is 5.98. The van der Waals surface area contributed by atoms with Crippen LogP contribution in [0, 0.1) is 0 Å². The lowest BCUT2D eigenvalue weighted by molar-refractivity contribution is 1.29. The van der Waals surface area contributed by atoms with Gasteiger partial charge in [-0.15, -0.1) is 0 Å². The van der Waals surface area contributed by atoms with E-state index >= 15 is 0 Å². The van der Waals surface area contributed by atoms with Crippen LogP contribution < -0.4 is 0 Å². The molecule has 0 fully saturated rings. The number of nitrogens with zero attached hydrogens (tertiary/aromatic N) is 2. The van der Waals surface area contributed by atoms with Gasteiger partial charge in [0.15, 0.2) is 0 Å². The molecule has 0 N–H and O–H groups in total. The Balaban J connectivity index is 2.69. The molecule has 0 radical (unpaired) electrons. The van der Waals surface area contributed by atoms with Crippen molar-refractivity contribution in [3.05, 3.63) is 42.7 Å². The van der Waals surface area contributed by atoms with E-state index in [2.05, 4.69) is 16.5 Å². The molecular weight excluding hydrogens is 160 g/mol. The van der Waals surface area contributed by atoms with Gasteiger partial charge in [0.1, 0.15) is 0 Å². The van der Waals surface area contributed by atoms with Crippen molar-refractivity contribution in [3.63, 3.8) is 0 Å². The maximum atomic E-state index is 4.22. The number of hydrogen-bond acceptors (Lipinski definition) is 2. The van der Waals surface area contributed by atoms with Crippen molar-refractivity contribution in [3.8, 4) is 0 Å². The fourth-order valence-electron chi connectivity index (χ4n) is 1.23. The minimum Gasteiger partial charge on any atom is -0.253 e. The Kier molecular flexibility index (Phi) is 1.81. The summed E-state index contributed by atoms with van der Waals surface area (Å²) >= 11 is 0. The number of aromatic nitrogens is 2. The molecule has 2 nitrogen and oxygen atoms in total. The van der Waals surface area contributed by atoms with Crippen molar-refractivity contribution in [1.29, 1.82) is 0 Å². The first-order valence-corrected chi connectivity index (χ1v) is 4.14. The SMILES string of the molecule is C=C(C)c1ccc2nccnc2c1. The molecule has 0 aliphatic carbocycles. The van der Waals surface area contributed by atoms with Gasteiger partial charge in [0, 0.05) is 12.4 Å². The second-order valence-corrected chi connectivity index (χ2v) is 3.04.